The Morgan fingerprint density at radius 1 is 1.33 bits per heavy atom. The quantitative estimate of drug-likeness (QED) is 0.840. The van der Waals surface area contributed by atoms with Gasteiger partial charge in [-0.15, -0.1) is 0 Å². The van der Waals surface area contributed by atoms with Crippen LogP contribution < -0.4 is 10.6 Å². The number of hydrogen-bond donors (Lipinski definition) is 2. The van der Waals surface area contributed by atoms with Crippen molar-refractivity contribution in [2.75, 3.05) is 18.9 Å². The first-order valence-electron chi connectivity index (χ1n) is 5.25. The molecular formula is C11H14Cl3N3O. The lowest BCUT2D eigenvalue weighted by Gasteiger charge is -2.23. The molecule has 0 fully saturated rings. The van der Waals surface area contributed by atoms with Gasteiger partial charge in [0.15, 0.2) is 0 Å². The Balaban J connectivity index is 2.81. The highest BCUT2D eigenvalue weighted by Crippen LogP contribution is 2.29. The summed E-state index contributed by atoms with van der Waals surface area (Å²) >= 11 is 17.6. The molecule has 1 amide bonds. The van der Waals surface area contributed by atoms with Crippen LogP contribution >= 0.6 is 34.8 Å². The second-order valence-electron chi connectivity index (χ2n) is 4.41. The molecule has 100 valence electrons. The highest BCUT2D eigenvalue weighted by atomic mass is 35.5. The van der Waals surface area contributed by atoms with Gasteiger partial charge < -0.3 is 10.6 Å². The van der Waals surface area contributed by atoms with Crippen molar-refractivity contribution in [1.29, 1.82) is 0 Å². The molecular weight excluding hydrogens is 296 g/mol. The number of anilines is 1. The molecule has 1 rings (SSSR count). The van der Waals surface area contributed by atoms with E-state index in [1.54, 1.807) is 7.05 Å². The van der Waals surface area contributed by atoms with E-state index in [1.165, 1.54) is 6.07 Å². The average Bonchev–Trinajstić information content (AvgIpc) is 2.31. The molecule has 0 unspecified atom stereocenters. The third kappa shape index (κ3) is 3.64. The number of carbonyl (C=O) groups is 1. The van der Waals surface area contributed by atoms with Gasteiger partial charge in [0, 0.05) is 13.6 Å². The summed E-state index contributed by atoms with van der Waals surface area (Å²) in [5.41, 5.74) is -0.591. The van der Waals surface area contributed by atoms with Crippen molar-refractivity contribution in [3.8, 4) is 0 Å². The van der Waals surface area contributed by atoms with Crippen LogP contribution in [0.5, 0.6) is 0 Å². The molecule has 1 aromatic heterocycles. The van der Waals surface area contributed by atoms with Gasteiger partial charge in [0.05, 0.1) is 15.5 Å². The second-order valence-corrected chi connectivity index (χ2v) is 5.58. The second kappa shape index (κ2) is 5.95. The van der Waals surface area contributed by atoms with Gasteiger partial charge in [0.25, 0.3) is 0 Å². The van der Waals surface area contributed by atoms with Crippen LogP contribution in [0.3, 0.4) is 0 Å². The van der Waals surface area contributed by atoms with Crippen molar-refractivity contribution in [2.45, 2.75) is 13.8 Å². The van der Waals surface area contributed by atoms with Crippen molar-refractivity contribution in [3.05, 3.63) is 21.3 Å². The summed E-state index contributed by atoms with van der Waals surface area (Å²) < 4.78 is 0. The van der Waals surface area contributed by atoms with Crippen molar-refractivity contribution in [2.24, 2.45) is 5.41 Å². The summed E-state index contributed by atoms with van der Waals surface area (Å²) in [5, 5.41) is 6.40. The zero-order chi connectivity index (χ0) is 13.9. The zero-order valence-corrected chi connectivity index (χ0v) is 12.5. The summed E-state index contributed by atoms with van der Waals surface area (Å²) in [6.07, 6.45) is 0. The van der Waals surface area contributed by atoms with Crippen LogP contribution in [0.25, 0.3) is 0 Å². The molecule has 18 heavy (non-hydrogen) atoms. The van der Waals surface area contributed by atoms with Crippen LogP contribution in [0.4, 0.5) is 5.82 Å². The smallest absolute Gasteiger partial charge is 0.227 e. The average molecular weight is 311 g/mol. The van der Waals surface area contributed by atoms with E-state index in [0.29, 0.717) is 17.4 Å². The summed E-state index contributed by atoms with van der Waals surface area (Å²) in [6.45, 7) is 3.99. The normalized spacial score (nSPS) is 11.2. The van der Waals surface area contributed by atoms with Crippen LogP contribution in [0, 0.1) is 5.41 Å². The number of nitrogens with one attached hydrogen (secondary N) is 2. The molecule has 0 aliphatic rings. The number of halogens is 3. The molecule has 7 heteroatoms. The monoisotopic (exact) mass is 309 g/mol. The van der Waals surface area contributed by atoms with Crippen LogP contribution in [0.2, 0.25) is 15.2 Å². The number of carbonyl (C=O) groups excluding carboxylic acids is 1. The van der Waals surface area contributed by atoms with E-state index in [4.69, 9.17) is 34.8 Å². The molecule has 0 aliphatic carbocycles. The minimum Gasteiger partial charge on any atom is -0.368 e. The van der Waals surface area contributed by atoms with Crippen LogP contribution in [-0.2, 0) is 4.79 Å². The largest absolute Gasteiger partial charge is 0.368 e. The Kier molecular flexibility index (Phi) is 5.08. The maximum absolute atomic E-state index is 11.6. The molecule has 0 atom stereocenters. The molecule has 2 N–H and O–H groups in total. The summed E-state index contributed by atoms with van der Waals surface area (Å²) in [7, 11) is 1.59. The van der Waals surface area contributed by atoms with E-state index in [9.17, 15) is 4.79 Å². The summed E-state index contributed by atoms with van der Waals surface area (Å²) in [6, 6.07) is 1.51. The molecule has 0 saturated heterocycles. The Morgan fingerprint density at radius 3 is 2.50 bits per heavy atom. The standard InChI is InChI=1S/C11H14Cl3N3O/c1-11(2,10(18)15-3)5-16-9-7(13)4-6(12)8(14)17-9/h4H,5H2,1-3H3,(H,15,18)(H,16,17). The van der Waals surface area contributed by atoms with Gasteiger partial charge in [-0.25, -0.2) is 4.98 Å². The molecule has 1 aromatic rings. The summed E-state index contributed by atoms with van der Waals surface area (Å²) in [5.74, 6) is 0.328. The third-order valence-corrected chi connectivity index (χ3v) is 3.39. The Labute approximate surface area is 121 Å². The van der Waals surface area contributed by atoms with Gasteiger partial charge in [-0.05, 0) is 19.9 Å². The molecule has 0 bridgehead atoms. The zero-order valence-electron chi connectivity index (χ0n) is 10.3. The van der Waals surface area contributed by atoms with Crippen LogP contribution in [0.15, 0.2) is 6.07 Å². The lowest BCUT2D eigenvalue weighted by Crippen LogP contribution is -2.39. The maximum atomic E-state index is 11.6. The summed E-state index contributed by atoms with van der Waals surface area (Å²) in [4.78, 5) is 15.6. The Morgan fingerprint density at radius 2 is 1.94 bits per heavy atom. The lowest BCUT2D eigenvalue weighted by molar-refractivity contribution is -0.128. The first-order chi connectivity index (χ1) is 8.27. The van der Waals surface area contributed by atoms with Crippen molar-refractivity contribution in [1.82, 2.24) is 10.3 Å². The molecule has 0 spiro atoms. The van der Waals surface area contributed by atoms with Gasteiger partial charge in [0.2, 0.25) is 5.91 Å². The van der Waals surface area contributed by atoms with E-state index in [0.717, 1.165) is 0 Å². The number of amides is 1. The minimum absolute atomic E-state index is 0.0776. The number of aromatic nitrogens is 1. The minimum atomic E-state index is -0.591. The third-order valence-electron chi connectivity index (χ3n) is 2.43. The predicted molar refractivity (Wildman–Crippen MR) is 75.6 cm³/mol. The van der Waals surface area contributed by atoms with Crippen LogP contribution in [-0.4, -0.2) is 24.5 Å². The van der Waals surface area contributed by atoms with Gasteiger partial charge in [-0.3, -0.25) is 4.79 Å². The van der Waals surface area contributed by atoms with Gasteiger partial charge in [-0.1, -0.05) is 34.8 Å². The molecule has 0 radical (unpaired) electrons. The van der Waals surface area contributed by atoms with Crippen LogP contribution in [0.1, 0.15) is 13.8 Å². The Hall–Kier alpha value is -0.710. The van der Waals surface area contributed by atoms with E-state index < -0.39 is 5.41 Å². The first kappa shape index (κ1) is 15.3. The maximum Gasteiger partial charge on any atom is 0.227 e. The number of hydrogen-bond acceptors (Lipinski definition) is 3. The highest BCUT2D eigenvalue weighted by Gasteiger charge is 2.26. The van der Waals surface area contributed by atoms with Gasteiger partial charge in [0.1, 0.15) is 11.0 Å². The van der Waals surface area contributed by atoms with E-state index in [1.807, 2.05) is 13.8 Å². The van der Waals surface area contributed by atoms with E-state index in [2.05, 4.69) is 15.6 Å². The van der Waals surface area contributed by atoms with E-state index in [-0.39, 0.29) is 16.1 Å². The Bertz CT molecular complexity index is 463. The molecule has 0 aliphatic heterocycles. The van der Waals surface area contributed by atoms with Gasteiger partial charge in [-0.2, -0.15) is 0 Å². The molecule has 4 nitrogen and oxygen atoms in total. The first-order valence-corrected chi connectivity index (χ1v) is 6.39. The number of rotatable bonds is 4. The van der Waals surface area contributed by atoms with Gasteiger partial charge >= 0.3 is 0 Å². The fraction of sp³-hybridized carbons (Fsp3) is 0.455. The molecule has 0 aromatic carbocycles. The number of nitrogens with zero attached hydrogens (tertiary/aromatic N) is 1. The lowest BCUT2D eigenvalue weighted by atomic mass is 9.92. The highest BCUT2D eigenvalue weighted by molar-refractivity contribution is 6.42. The fourth-order valence-corrected chi connectivity index (χ4v) is 1.86. The van der Waals surface area contributed by atoms with Crippen molar-refractivity contribution >= 4 is 46.5 Å². The SMILES string of the molecule is CNC(=O)C(C)(C)CNc1nc(Cl)c(Cl)cc1Cl. The molecule has 1 heterocycles. The van der Waals surface area contributed by atoms with E-state index >= 15 is 0 Å². The fourth-order valence-electron chi connectivity index (χ4n) is 1.29. The topological polar surface area (TPSA) is 54.0 Å². The molecule has 0 saturated carbocycles. The number of pyridine rings is 1. The predicted octanol–water partition coefficient (Wildman–Crippen LogP) is 3.23. The van der Waals surface area contributed by atoms with Crippen molar-refractivity contribution < 1.29 is 4.79 Å². The van der Waals surface area contributed by atoms with Crippen molar-refractivity contribution in [3.63, 3.8) is 0 Å².